The molecule has 7 heteroatoms. The van der Waals surface area contributed by atoms with E-state index in [2.05, 4.69) is 46.4 Å². The normalized spacial score (nSPS) is 17.7. The minimum Gasteiger partial charge on any atom is -0.369 e. The summed E-state index contributed by atoms with van der Waals surface area (Å²) in [5, 5.41) is 12.5. The third-order valence-electron chi connectivity index (χ3n) is 4.96. The molecule has 0 spiro atoms. The molecule has 0 aliphatic carbocycles. The zero-order chi connectivity index (χ0) is 17.8. The lowest BCUT2D eigenvalue weighted by molar-refractivity contribution is -0.123. The molecule has 0 unspecified atom stereocenters. The SMILES string of the molecule is CC(C)[C@@H](c1nnnn1Cc1ccccc1)N1CCC(C(N)=O)CC1. The number of likely N-dealkylation sites (tertiary alicyclic amines) is 1. The first-order valence-electron chi connectivity index (χ1n) is 8.89. The lowest BCUT2D eigenvalue weighted by atomic mass is 9.92. The second-order valence-electron chi connectivity index (χ2n) is 7.08. The molecule has 1 saturated heterocycles. The molecule has 1 amide bonds. The second kappa shape index (κ2) is 7.74. The van der Waals surface area contributed by atoms with Crippen molar-refractivity contribution in [3.63, 3.8) is 0 Å². The smallest absolute Gasteiger partial charge is 0.220 e. The molecule has 2 N–H and O–H groups in total. The Morgan fingerprint density at radius 3 is 2.52 bits per heavy atom. The highest BCUT2D eigenvalue weighted by Gasteiger charge is 2.33. The van der Waals surface area contributed by atoms with Gasteiger partial charge in [0.05, 0.1) is 12.6 Å². The molecule has 25 heavy (non-hydrogen) atoms. The van der Waals surface area contributed by atoms with Crippen molar-refractivity contribution in [2.24, 2.45) is 17.6 Å². The van der Waals surface area contributed by atoms with Crippen molar-refractivity contribution in [1.29, 1.82) is 0 Å². The fourth-order valence-electron chi connectivity index (χ4n) is 3.64. The minimum atomic E-state index is -0.186. The highest BCUT2D eigenvalue weighted by atomic mass is 16.1. The molecule has 1 aromatic carbocycles. The maximum absolute atomic E-state index is 11.4. The van der Waals surface area contributed by atoms with Crippen LogP contribution in [0, 0.1) is 11.8 Å². The Balaban J connectivity index is 1.78. The maximum Gasteiger partial charge on any atom is 0.220 e. The Morgan fingerprint density at radius 2 is 1.92 bits per heavy atom. The number of nitrogens with two attached hydrogens (primary N) is 1. The van der Waals surface area contributed by atoms with Crippen molar-refractivity contribution in [2.75, 3.05) is 13.1 Å². The zero-order valence-corrected chi connectivity index (χ0v) is 14.9. The average molecular weight is 342 g/mol. The van der Waals surface area contributed by atoms with Gasteiger partial charge in [-0.3, -0.25) is 9.69 Å². The number of benzene rings is 1. The minimum absolute atomic E-state index is 0.00984. The number of tetrazole rings is 1. The summed E-state index contributed by atoms with van der Waals surface area (Å²) in [5.41, 5.74) is 6.63. The van der Waals surface area contributed by atoms with Gasteiger partial charge in [-0.1, -0.05) is 44.2 Å². The van der Waals surface area contributed by atoms with Gasteiger partial charge in [-0.15, -0.1) is 5.10 Å². The van der Waals surface area contributed by atoms with E-state index in [-0.39, 0.29) is 17.9 Å². The molecule has 2 aromatic rings. The highest BCUT2D eigenvalue weighted by molar-refractivity contribution is 5.76. The van der Waals surface area contributed by atoms with E-state index in [0.29, 0.717) is 12.5 Å². The third-order valence-corrected chi connectivity index (χ3v) is 4.96. The first kappa shape index (κ1) is 17.5. The molecule has 0 radical (unpaired) electrons. The summed E-state index contributed by atoms with van der Waals surface area (Å²) in [6, 6.07) is 10.3. The van der Waals surface area contributed by atoms with E-state index in [4.69, 9.17) is 5.73 Å². The molecule has 1 aliphatic rings. The first-order valence-corrected chi connectivity index (χ1v) is 8.89. The summed E-state index contributed by atoms with van der Waals surface area (Å²) in [7, 11) is 0. The van der Waals surface area contributed by atoms with Crippen molar-refractivity contribution in [1.82, 2.24) is 25.1 Å². The summed E-state index contributed by atoms with van der Waals surface area (Å²) in [6.07, 6.45) is 1.61. The summed E-state index contributed by atoms with van der Waals surface area (Å²) >= 11 is 0. The molecule has 0 saturated carbocycles. The van der Waals surface area contributed by atoms with E-state index < -0.39 is 0 Å². The fraction of sp³-hybridized carbons (Fsp3) is 0.556. The predicted octanol–water partition coefficient (Wildman–Crippen LogP) is 1.62. The van der Waals surface area contributed by atoms with Crippen LogP contribution in [0.2, 0.25) is 0 Å². The van der Waals surface area contributed by atoms with Gasteiger partial charge in [0, 0.05) is 5.92 Å². The first-order chi connectivity index (χ1) is 12.1. The number of piperidine rings is 1. The van der Waals surface area contributed by atoms with E-state index in [1.165, 1.54) is 5.56 Å². The van der Waals surface area contributed by atoms with Crippen molar-refractivity contribution in [2.45, 2.75) is 39.3 Å². The van der Waals surface area contributed by atoms with Crippen molar-refractivity contribution < 1.29 is 4.79 Å². The molecular formula is C18H26N6O. The molecule has 7 nitrogen and oxygen atoms in total. The molecule has 1 aromatic heterocycles. The number of hydrogen-bond donors (Lipinski definition) is 1. The number of hydrogen-bond acceptors (Lipinski definition) is 5. The van der Waals surface area contributed by atoms with Crippen LogP contribution in [0.3, 0.4) is 0 Å². The lowest BCUT2D eigenvalue weighted by Gasteiger charge is -2.38. The number of aromatic nitrogens is 4. The van der Waals surface area contributed by atoms with Crippen LogP contribution in [0.4, 0.5) is 0 Å². The van der Waals surface area contributed by atoms with Crippen LogP contribution in [-0.2, 0) is 11.3 Å². The van der Waals surface area contributed by atoms with Crippen LogP contribution >= 0.6 is 0 Å². The fourth-order valence-corrected chi connectivity index (χ4v) is 3.64. The van der Waals surface area contributed by atoms with Gasteiger partial charge in [0.2, 0.25) is 5.91 Å². The van der Waals surface area contributed by atoms with Gasteiger partial charge in [0.1, 0.15) is 0 Å². The number of rotatable bonds is 6. The Morgan fingerprint density at radius 1 is 1.24 bits per heavy atom. The van der Waals surface area contributed by atoms with E-state index in [1.807, 2.05) is 22.9 Å². The van der Waals surface area contributed by atoms with Crippen LogP contribution in [0.5, 0.6) is 0 Å². The largest absolute Gasteiger partial charge is 0.369 e. The second-order valence-corrected chi connectivity index (χ2v) is 7.08. The number of nitrogens with zero attached hydrogens (tertiary/aromatic N) is 5. The van der Waals surface area contributed by atoms with Gasteiger partial charge in [-0.05, 0) is 47.8 Å². The van der Waals surface area contributed by atoms with Crippen LogP contribution in [0.15, 0.2) is 30.3 Å². The van der Waals surface area contributed by atoms with Crippen molar-refractivity contribution >= 4 is 5.91 Å². The van der Waals surface area contributed by atoms with Gasteiger partial charge >= 0.3 is 0 Å². The monoisotopic (exact) mass is 342 g/mol. The number of carbonyl (C=O) groups is 1. The molecule has 134 valence electrons. The van der Waals surface area contributed by atoms with Crippen molar-refractivity contribution in [3.8, 4) is 0 Å². The summed E-state index contributed by atoms with van der Waals surface area (Å²) in [4.78, 5) is 13.8. The van der Waals surface area contributed by atoms with Crippen LogP contribution in [0.1, 0.15) is 44.1 Å². The standard InChI is InChI=1S/C18H26N6O/c1-13(2)16(23-10-8-15(9-11-23)17(19)25)18-20-21-22-24(18)12-14-6-4-3-5-7-14/h3-7,13,15-16H,8-12H2,1-2H3,(H2,19,25)/t16-/m0/s1. The predicted molar refractivity (Wildman–Crippen MR) is 94.4 cm³/mol. The number of amides is 1. The van der Waals surface area contributed by atoms with Crippen molar-refractivity contribution in [3.05, 3.63) is 41.7 Å². The Bertz CT molecular complexity index is 691. The summed E-state index contributed by atoms with van der Waals surface area (Å²) in [6.45, 7) is 6.71. The molecular weight excluding hydrogens is 316 g/mol. The van der Waals surface area contributed by atoms with E-state index in [9.17, 15) is 4.79 Å². The molecule has 1 fully saturated rings. The van der Waals surface area contributed by atoms with Crippen LogP contribution in [-0.4, -0.2) is 44.1 Å². The topological polar surface area (TPSA) is 89.9 Å². The van der Waals surface area contributed by atoms with E-state index in [0.717, 1.165) is 31.8 Å². The van der Waals surface area contributed by atoms with Crippen LogP contribution in [0.25, 0.3) is 0 Å². The molecule has 1 atom stereocenters. The van der Waals surface area contributed by atoms with E-state index >= 15 is 0 Å². The van der Waals surface area contributed by atoms with E-state index in [1.54, 1.807) is 0 Å². The maximum atomic E-state index is 11.4. The number of primary amides is 1. The molecule has 2 heterocycles. The van der Waals surface area contributed by atoms with Gasteiger partial charge in [0.25, 0.3) is 0 Å². The third kappa shape index (κ3) is 4.04. The zero-order valence-electron chi connectivity index (χ0n) is 14.9. The van der Waals surface area contributed by atoms with Gasteiger partial charge < -0.3 is 5.73 Å². The number of carbonyl (C=O) groups excluding carboxylic acids is 1. The van der Waals surface area contributed by atoms with Gasteiger partial charge in [0.15, 0.2) is 5.82 Å². The molecule has 0 bridgehead atoms. The van der Waals surface area contributed by atoms with Crippen LogP contribution < -0.4 is 5.73 Å². The lowest BCUT2D eigenvalue weighted by Crippen LogP contribution is -2.42. The Kier molecular flexibility index (Phi) is 5.43. The van der Waals surface area contributed by atoms with Gasteiger partial charge in [-0.25, -0.2) is 4.68 Å². The Hall–Kier alpha value is -2.28. The highest BCUT2D eigenvalue weighted by Crippen LogP contribution is 2.31. The summed E-state index contributed by atoms with van der Waals surface area (Å²) in [5.74, 6) is 1.06. The quantitative estimate of drug-likeness (QED) is 0.861. The molecule has 3 rings (SSSR count). The average Bonchev–Trinajstić information content (AvgIpc) is 3.04. The Labute approximate surface area is 148 Å². The van der Waals surface area contributed by atoms with Gasteiger partial charge in [-0.2, -0.15) is 0 Å². The molecule has 1 aliphatic heterocycles. The summed E-state index contributed by atoms with van der Waals surface area (Å²) < 4.78 is 1.89.